The molecule has 2 aliphatic heterocycles. The molecule has 4 heterocycles. The normalized spacial score (nSPS) is 27.6. The first-order valence-electron chi connectivity index (χ1n) is 18.5. The number of hydrogen-bond acceptors (Lipinski definition) is 11. The molecule has 3 unspecified atom stereocenters. The van der Waals surface area contributed by atoms with Crippen molar-refractivity contribution in [3.63, 3.8) is 0 Å². The highest BCUT2D eigenvalue weighted by Crippen LogP contribution is 2.51. The Balaban J connectivity index is 1.26. The molecule has 11 nitrogen and oxygen atoms in total. The maximum absolute atomic E-state index is 17.3. The van der Waals surface area contributed by atoms with Gasteiger partial charge in [-0.15, -0.1) is 6.42 Å². The monoisotopic (exact) mass is 729 g/mol. The van der Waals surface area contributed by atoms with E-state index < -0.39 is 17.2 Å². The van der Waals surface area contributed by atoms with E-state index in [0.717, 1.165) is 51.5 Å². The molecule has 3 atom stereocenters. The van der Waals surface area contributed by atoms with E-state index in [-0.39, 0.29) is 88.3 Å². The summed E-state index contributed by atoms with van der Waals surface area (Å²) in [7, 11) is 1.39. The van der Waals surface area contributed by atoms with Crippen molar-refractivity contribution in [2.24, 2.45) is 11.3 Å². The van der Waals surface area contributed by atoms with Crippen molar-refractivity contribution in [2.45, 2.75) is 69.6 Å². The van der Waals surface area contributed by atoms with Crippen LogP contribution in [0.25, 0.3) is 32.9 Å². The molecule has 0 amide bonds. The molecule has 0 radical (unpaired) electrons. The van der Waals surface area contributed by atoms with Crippen LogP contribution < -0.4 is 14.4 Å². The Morgan fingerprint density at radius 1 is 1.09 bits per heavy atom. The fraction of sp³-hybridized carbons (Fsp3) is 0.525. The minimum absolute atomic E-state index is 0.0167. The van der Waals surface area contributed by atoms with E-state index in [1.54, 1.807) is 11.8 Å². The largest absolute Gasteiger partial charge is 0.508 e. The van der Waals surface area contributed by atoms with Crippen LogP contribution in [0, 0.1) is 35.3 Å². The SMILES string of the molecule is C#Cc1c(F)ccc2cc(O)cc(-c3nc(OC)c4c(N5CCOCC(C)(O)C5)nc(OCC56CCCC5N(C5CC(CO)C5)CCC6)nc4c3F)c12. The van der Waals surface area contributed by atoms with Gasteiger partial charge in [-0.25, -0.2) is 13.8 Å². The first-order valence-corrected chi connectivity index (χ1v) is 18.5. The molecule has 2 aromatic carbocycles. The summed E-state index contributed by atoms with van der Waals surface area (Å²) in [5, 5.41) is 32.3. The van der Waals surface area contributed by atoms with Crippen molar-refractivity contribution in [3.05, 3.63) is 41.5 Å². The lowest BCUT2D eigenvalue weighted by molar-refractivity contribution is -0.0596. The van der Waals surface area contributed by atoms with Crippen LogP contribution in [0.15, 0.2) is 24.3 Å². The van der Waals surface area contributed by atoms with E-state index in [4.69, 9.17) is 25.6 Å². The molecule has 0 spiro atoms. The molecule has 4 fully saturated rings. The Kier molecular flexibility index (Phi) is 9.29. The molecule has 0 bridgehead atoms. The van der Waals surface area contributed by atoms with Crippen LogP contribution in [0.1, 0.15) is 57.4 Å². The van der Waals surface area contributed by atoms with Crippen molar-refractivity contribution < 1.29 is 38.3 Å². The van der Waals surface area contributed by atoms with Crippen molar-refractivity contribution in [1.82, 2.24) is 19.9 Å². The van der Waals surface area contributed by atoms with Crippen LogP contribution >= 0.6 is 0 Å². The van der Waals surface area contributed by atoms with Crippen LogP contribution in [-0.2, 0) is 4.74 Å². The van der Waals surface area contributed by atoms with E-state index in [0.29, 0.717) is 36.5 Å². The average Bonchev–Trinajstić information content (AvgIpc) is 3.47. The van der Waals surface area contributed by atoms with E-state index in [1.165, 1.54) is 31.4 Å². The maximum atomic E-state index is 17.3. The zero-order valence-corrected chi connectivity index (χ0v) is 30.1. The number of likely N-dealkylation sites (tertiary alicyclic amines) is 1. The molecule has 8 rings (SSSR count). The number of halogens is 2. The summed E-state index contributed by atoms with van der Waals surface area (Å²) >= 11 is 0. The van der Waals surface area contributed by atoms with Gasteiger partial charge in [0.25, 0.3) is 0 Å². The number of phenolic OH excluding ortho intramolecular Hbond substituents is 1. The summed E-state index contributed by atoms with van der Waals surface area (Å²) in [5.41, 5.74) is -1.81. The second-order valence-corrected chi connectivity index (χ2v) is 15.5. The lowest BCUT2D eigenvalue weighted by Crippen LogP contribution is -2.58. The Hall–Kier alpha value is -4.35. The first kappa shape index (κ1) is 35.7. The number of rotatable bonds is 8. The molecule has 4 aliphatic rings. The van der Waals surface area contributed by atoms with E-state index >= 15 is 8.78 Å². The molecule has 13 heteroatoms. The van der Waals surface area contributed by atoms with Gasteiger partial charge >= 0.3 is 6.01 Å². The van der Waals surface area contributed by atoms with Gasteiger partial charge < -0.3 is 34.4 Å². The predicted molar refractivity (Wildman–Crippen MR) is 195 cm³/mol. The average molecular weight is 730 g/mol. The van der Waals surface area contributed by atoms with Crippen molar-refractivity contribution in [3.8, 4) is 41.2 Å². The fourth-order valence-corrected chi connectivity index (χ4v) is 9.36. The number of methoxy groups -OCH3 is 1. The summed E-state index contributed by atoms with van der Waals surface area (Å²) < 4.78 is 50.4. The third-order valence-electron chi connectivity index (χ3n) is 11.9. The van der Waals surface area contributed by atoms with E-state index in [1.807, 2.05) is 0 Å². The Labute approximate surface area is 306 Å². The number of aromatic nitrogens is 3. The number of hydrogen-bond donors (Lipinski definition) is 3. The number of pyridine rings is 1. The highest BCUT2D eigenvalue weighted by atomic mass is 19.1. The predicted octanol–water partition coefficient (Wildman–Crippen LogP) is 5.19. The molecular formula is C40H45F2N5O6. The topological polar surface area (TPSA) is 134 Å². The zero-order chi connectivity index (χ0) is 37.1. The van der Waals surface area contributed by atoms with Gasteiger partial charge in [0.1, 0.15) is 39.6 Å². The number of piperidine rings is 1. The number of phenols is 1. The Morgan fingerprint density at radius 3 is 2.68 bits per heavy atom. The molecule has 2 saturated carbocycles. The highest BCUT2D eigenvalue weighted by molar-refractivity contribution is 6.04. The van der Waals surface area contributed by atoms with Crippen LogP contribution in [0.5, 0.6) is 17.6 Å². The van der Waals surface area contributed by atoms with E-state index in [9.17, 15) is 15.3 Å². The summed E-state index contributed by atoms with van der Waals surface area (Å²) in [5.74, 6) is 1.25. The minimum Gasteiger partial charge on any atom is -0.508 e. The van der Waals surface area contributed by atoms with Gasteiger partial charge in [-0.3, -0.25) is 4.90 Å². The first-order chi connectivity index (χ1) is 25.5. The smallest absolute Gasteiger partial charge is 0.319 e. The number of nitrogens with zero attached hydrogens (tertiary/aromatic N) is 5. The van der Waals surface area contributed by atoms with Crippen LogP contribution in [0.3, 0.4) is 0 Å². The minimum atomic E-state index is -1.25. The number of benzene rings is 2. The number of anilines is 1. The molecule has 2 aliphatic carbocycles. The number of terminal acetylenes is 1. The van der Waals surface area contributed by atoms with Crippen LogP contribution in [0.4, 0.5) is 14.6 Å². The summed E-state index contributed by atoms with van der Waals surface area (Å²) in [6.07, 6.45) is 12.9. The van der Waals surface area contributed by atoms with Crippen LogP contribution in [0.2, 0.25) is 0 Å². The van der Waals surface area contributed by atoms with Crippen LogP contribution in [-0.4, -0.2) is 106 Å². The maximum Gasteiger partial charge on any atom is 0.319 e. The number of ether oxygens (including phenoxy) is 3. The standard InChI is InChI=1S/C40H45F2N5O6/c1-4-27-29(41)9-8-24-17-26(49)18-28(31(24)27)34-33(42)35-32(37(43-34)51-3)36(46-13-14-52-21-39(2,50)20-46)45-38(44-35)53-22-40-10-5-7-30(40)47(12-6-11-40)25-15-23(16-25)19-48/h1,8-9,17-18,23,25,30,48-50H,5-7,10-16,19-22H2,2-3H3. The molecule has 53 heavy (non-hydrogen) atoms. The van der Waals surface area contributed by atoms with Gasteiger partial charge in [-0.1, -0.05) is 18.4 Å². The molecule has 2 aromatic heterocycles. The molecule has 3 N–H and O–H groups in total. The molecule has 4 aromatic rings. The van der Waals surface area contributed by atoms with Crippen molar-refractivity contribution in [2.75, 3.05) is 58.1 Å². The van der Waals surface area contributed by atoms with Crippen molar-refractivity contribution >= 4 is 27.5 Å². The van der Waals surface area contributed by atoms with Gasteiger partial charge in [0.15, 0.2) is 5.82 Å². The second kappa shape index (κ2) is 13.8. The summed E-state index contributed by atoms with van der Waals surface area (Å²) in [6.45, 7) is 4.08. The number of β-amino-alcohol motifs (C(OH)–C–C–N with tert-alkyl or cyclic N) is 1. The fourth-order valence-electron chi connectivity index (χ4n) is 9.36. The van der Waals surface area contributed by atoms with E-state index in [2.05, 4.69) is 20.8 Å². The lowest BCUT2D eigenvalue weighted by atomic mass is 9.72. The Morgan fingerprint density at radius 2 is 1.91 bits per heavy atom. The number of fused-ring (bicyclic) bond motifs is 3. The van der Waals surface area contributed by atoms with Gasteiger partial charge in [0, 0.05) is 41.6 Å². The highest BCUT2D eigenvalue weighted by Gasteiger charge is 2.51. The molecule has 2 saturated heterocycles. The van der Waals surface area contributed by atoms with Gasteiger partial charge in [0.2, 0.25) is 5.88 Å². The molecular weight excluding hydrogens is 684 g/mol. The Bertz CT molecular complexity index is 2100. The number of aliphatic hydroxyl groups is 2. The van der Waals surface area contributed by atoms with Gasteiger partial charge in [-0.2, -0.15) is 9.97 Å². The zero-order valence-electron chi connectivity index (χ0n) is 30.1. The van der Waals surface area contributed by atoms with Gasteiger partial charge in [-0.05, 0) is 81.5 Å². The second-order valence-electron chi connectivity index (χ2n) is 15.5. The van der Waals surface area contributed by atoms with Gasteiger partial charge in [0.05, 0.1) is 39.0 Å². The quantitative estimate of drug-likeness (QED) is 0.207. The molecule has 280 valence electrons. The third kappa shape index (κ3) is 6.29. The van der Waals surface area contributed by atoms with Crippen molar-refractivity contribution in [1.29, 1.82) is 0 Å². The summed E-state index contributed by atoms with van der Waals surface area (Å²) in [4.78, 5) is 18.6. The lowest BCUT2D eigenvalue weighted by Gasteiger charge is -2.53. The number of aliphatic hydroxyl groups excluding tert-OH is 1. The third-order valence-corrected chi connectivity index (χ3v) is 11.9. The summed E-state index contributed by atoms with van der Waals surface area (Å²) in [6, 6.07) is 6.13. The number of aromatic hydroxyl groups is 1.